The van der Waals surface area contributed by atoms with Crippen LogP contribution in [0.25, 0.3) is 10.8 Å². The largest absolute Gasteiger partial charge is 0.505 e. The van der Waals surface area contributed by atoms with Crippen molar-refractivity contribution in [3.63, 3.8) is 0 Å². The highest BCUT2D eigenvalue weighted by molar-refractivity contribution is 6.13. The van der Waals surface area contributed by atoms with Gasteiger partial charge >= 0.3 is 0 Å². The number of primary amides is 1. The van der Waals surface area contributed by atoms with Crippen molar-refractivity contribution >= 4 is 39.8 Å². The van der Waals surface area contributed by atoms with E-state index in [4.69, 9.17) is 10.3 Å². The standard InChI is InChI=1S/C22H17N5O4/c1-12-10-18(27-31-12)25-26-19-14-7-3-2-6-13(14)11-16(20(19)28)22(30)24-17-9-5-4-8-15(17)21(23)29/h2-11,28H,1H3,(H2,23,29)(H,24,30)/b26-25+. The van der Waals surface area contributed by atoms with E-state index in [0.29, 0.717) is 16.5 Å². The molecule has 0 radical (unpaired) electrons. The third-order valence-electron chi connectivity index (χ3n) is 4.55. The van der Waals surface area contributed by atoms with Crippen LogP contribution < -0.4 is 11.1 Å². The van der Waals surface area contributed by atoms with Crippen LogP contribution in [0, 0.1) is 6.92 Å². The zero-order chi connectivity index (χ0) is 22.0. The lowest BCUT2D eigenvalue weighted by Crippen LogP contribution is -2.18. The lowest BCUT2D eigenvalue weighted by atomic mass is 10.0. The number of aromatic hydroxyl groups is 1. The average Bonchev–Trinajstić information content (AvgIpc) is 3.18. The minimum absolute atomic E-state index is 0.0387. The second-order valence-corrected chi connectivity index (χ2v) is 6.70. The number of amides is 2. The zero-order valence-electron chi connectivity index (χ0n) is 16.4. The fourth-order valence-corrected chi connectivity index (χ4v) is 3.09. The number of carbonyl (C=O) groups is 2. The number of phenolic OH excluding ortho intramolecular Hbond substituents is 1. The Labute approximate surface area is 176 Å². The van der Waals surface area contributed by atoms with Gasteiger partial charge in [-0.25, -0.2) is 0 Å². The van der Waals surface area contributed by atoms with Gasteiger partial charge in [-0.1, -0.05) is 41.6 Å². The monoisotopic (exact) mass is 415 g/mol. The number of hydrogen-bond donors (Lipinski definition) is 3. The predicted molar refractivity (Wildman–Crippen MR) is 114 cm³/mol. The van der Waals surface area contributed by atoms with Gasteiger partial charge < -0.3 is 20.7 Å². The van der Waals surface area contributed by atoms with E-state index in [1.165, 1.54) is 12.1 Å². The summed E-state index contributed by atoms with van der Waals surface area (Å²) in [5.74, 6) is -0.895. The van der Waals surface area contributed by atoms with E-state index in [0.717, 1.165) is 0 Å². The molecule has 0 saturated carbocycles. The summed E-state index contributed by atoms with van der Waals surface area (Å²) >= 11 is 0. The third kappa shape index (κ3) is 3.97. The van der Waals surface area contributed by atoms with E-state index in [1.54, 1.807) is 55.5 Å². The summed E-state index contributed by atoms with van der Waals surface area (Å²) in [6.45, 7) is 1.72. The van der Waals surface area contributed by atoms with E-state index >= 15 is 0 Å². The molecule has 0 aliphatic carbocycles. The number of aromatic nitrogens is 1. The van der Waals surface area contributed by atoms with E-state index < -0.39 is 11.8 Å². The first-order valence-electron chi connectivity index (χ1n) is 9.24. The van der Waals surface area contributed by atoms with Crippen molar-refractivity contribution in [2.24, 2.45) is 16.0 Å². The molecule has 0 aliphatic heterocycles. The fourth-order valence-electron chi connectivity index (χ4n) is 3.09. The summed E-state index contributed by atoms with van der Waals surface area (Å²) in [5, 5.41) is 26.6. The van der Waals surface area contributed by atoms with Crippen LogP contribution in [-0.2, 0) is 0 Å². The highest BCUT2D eigenvalue weighted by atomic mass is 16.5. The molecule has 9 heteroatoms. The predicted octanol–water partition coefficient (Wildman–Crippen LogP) is 4.61. The number of nitrogens with one attached hydrogen (secondary N) is 1. The number of benzene rings is 3. The first-order valence-corrected chi connectivity index (χ1v) is 9.24. The minimum atomic E-state index is -0.684. The van der Waals surface area contributed by atoms with Crippen molar-refractivity contribution < 1.29 is 19.2 Å². The molecule has 1 aromatic heterocycles. The highest BCUT2D eigenvalue weighted by Gasteiger charge is 2.20. The number of rotatable bonds is 5. The van der Waals surface area contributed by atoms with Crippen LogP contribution in [0.4, 0.5) is 17.2 Å². The second-order valence-electron chi connectivity index (χ2n) is 6.70. The molecule has 0 spiro atoms. The van der Waals surface area contributed by atoms with Gasteiger partial charge in [0.15, 0.2) is 5.75 Å². The first kappa shape index (κ1) is 19.8. The van der Waals surface area contributed by atoms with Gasteiger partial charge in [-0.15, -0.1) is 10.2 Å². The molecule has 0 aliphatic rings. The van der Waals surface area contributed by atoms with Crippen LogP contribution in [0.3, 0.4) is 0 Å². The number of carbonyl (C=O) groups excluding carboxylic acids is 2. The highest BCUT2D eigenvalue weighted by Crippen LogP contribution is 2.39. The molecular formula is C22H17N5O4. The van der Waals surface area contributed by atoms with Crippen molar-refractivity contribution in [2.45, 2.75) is 6.92 Å². The lowest BCUT2D eigenvalue weighted by Gasteiger charge is -2.12. The van der Waals surface area contributed by atoms with Gasteiger partial charge in [-0.3, -0.25) is 9.59 Å². The Hall–Kier alpha value is -4.53. The third-order valence-corrected chi connectivity index (χ3v) is 4.55. The fraction of sp³-hybridized carbons (Fsp3) is 0.0455. The molecule has 9 nitrogen and oxygen atoms in total. The number of para-hydroxylation sites is 1. The maximum absolute atomic E-state index is 13.0. The van der Waals surface area contributed by atoms with Crippen LogP contribution in [-0.4, -0.2) is 22.1 Å². The Morgan fingerprint density at radius 3 is 2.52 bits per heavy atom. The molecule has 0 unspecified atom stereocenters. The van der Waals surface area contributed by atoms with Gasteiger partial charge in [0.25, 0.3) is 11.8 Å². The van der Waals surface area contributed by atoms with Crippen molar-refractivity contribution in [2.75, 3.05) is 5.32 Å². The van der Waals surface area contributed by atoms with Gasteiger partial charge in [-0.2, -0.15) is 0 Å². The van der Waals surface area contributed by atoms with Gasteiger partial charge in [0.2, 0.25) is 5.82 Å². The molecule has 0 saturated heterocycles. The van der Waals surface area contributed by atoms with Crippen LogP contribution in [0.15, 0.2) is 75.4 Å². The van der Waals surface area contributed by atoms with Crippen LogP contribution >= 0.6 is 0 Å². The molecule has 4 rings (SSSR count). The van der Waals surface area contributed by atoms with Crippen LogP contribution in [0.5, 0.6) is 5.75 Å². The number of azo groups is 1. The maximum Gasteiger partial charge on any atom is 0.259 e. The van der Waals surface area contributed by atoms with E-state index in [1.807, 2.05) is 0 Å². The number of phenols is 1. The number of aryl methyl sites for hydroxylation is 1. The van der Waals surface area contributed by atoms with E-state index in [-0.39, 0.29) is 34.1 Å². The first-order chi connectivity index (χ1) is 14.9. The Bertz CT molecular complexity index is 1340. The number of nitrogens with two attached hydrogens (primary N) is 1. The summed E-state index contributed by atoms with van der Waals surface area (Å²) in [5.41, 5.74) is 5.82. The summed E-state index contributed by atoms with van der Waals surface area (Å²) in [6, 6.07) is 16.6. The van der Waals surface area contributed by atoms with Gasteiger partial charge in [0, 0.05) is 11.5 Å². The zero-order valence-corrected chi connectivity index (χ0v) is 16.4. The van der Waals surface area contributed by atoms with Crippen LogP contribution in [0.2, 0.25) is 0 Å². The maximum atomic E-state index is 13.0. The lowest BCUT2D eigenvalue weighted by molar-refractivity contribution is 0.100. The van der Waals surface area contributed by atoms with Crippen molar-refractivity contribution in [1.29, 1.82) is 0 Å². The normalized spacial score (nSPS) is 11.1. The van der Waals surface area contributed by atoms with Crippen molar-refractivity contribution in [3.8, 4) is 5.75 Å². The Kier molecular flexibility index (Phi) is 5.15. The Balaban J connectivity index is 1.78. The smallest absolute Gasteiger partial charge is 0.259 e. The second kappa shape index (κ2) is 8.07. The van der Waals surface area contributed by atoms with Gasteiger partial charge in [0.1, 0.15) is 11.4 Å². The quantitative estimate of drug-likeness (QED) is 0.408. The number of hydrogen-bond acceptors (Lipinski definition) is 7. The van der Waals surface area contributed by atoms with E-state index in [2.05, 4.69) is 20.7 Å². The Morgan fingerprint density at radius 1 is 1.03 bits per heavy atom. The Morgan fingerprint density at radius 2 is 1.77 bits per heavy atom. The van der Waals surface area contributed by atoms with Gasteiger partial charge in [0.05, 0.1) is 16.8 Å². The van der Waals surface area contributed by atoms with E-state index in [9.17, 15) is 14.7 Å². The molecule has 31 heavy (non-hydrogen) atoms. The molecule has 4 N–H and O–H groups in total. The molecule has 2 amide bonds. The molecule has 0 fully saturated rings. The SMILES string of the molecule is Cc1cc(/N=N/c2c(O)c(C(=O)Nc3ccccc3C(N)=O)cc3ccccc23)no1. The van der Waals surface area contributed by atoms with Crippen molar-refractivity contribution in [3.05, 3.63) is 77.6 Å². The summed E-state index contributed by atoms with van der Waals surface area (Å²) < 4.78 is 4.96. The average molecular weight is 415 g/mol. The molecule has 0 bridgehead atoms. The molecular weight excluding hydrogens is 398 g/mol. The minimum Gasteiger partial charge on any atom is -0.505 e. The van der Waals surface area contributed by atoms with Crippen molar-refractivity contribution in [1.82, 2.24) is 5.16 Å². The molecule has 1 heterocycles. The topological polar surface area (TPSA) is 143 Å². The molecule has 0 atom stereocenters. The summed E-state index contributed by atoms with van der Waals surface area (Å²) in [4.78, 5) is 24.6. The number of fused-ring (bicyclic) bond motifs is 1. The van der Waals surface area contributed by atoms with Crippen LogP contribution in [0.1, 0.15) is 26.5 Å². The van der Waals surface area contributed by atoms with Gasteiger partial charge in [-0.05, 0) is 30.5 Å². The molecule has 3 aromatic carbocycles. The molecule has 4 aromatic rings. The number of anilines is 1. The summed E-state index contributed by atoms with van der Waals surface area (Å²) in [7, 11) is 0. The number of nitrogens with zero attached hydrogens (tertiary/aromatic N) is 3. The summed E-state index contributed by atoms with van der Waals surface area (Å²) in [6.07, 6.45) is 0. The molecule has 154 valence electrons.